The number of nitrogens with one attached hydrogen (secondary N) is 2. The highest BCUT2D eigenvalue weighted by molar-refractivity contribution is 7.89. The molecule has 8 heteroatoms. The molecule has 2 aromatic carbocycles. The van der Waals surface area contributed by atoms with E-state index in [1.165, 1.54) is 31.4 Å². The molecule has 1 heterocycles. The van der Waals surface area contributed by atoms with Crippen LogP contribution in [0, 0.1) is 0 Å². The SMILES string of the molecule is COCCNS(=O)(=O)c1ccc(C(=O)Nc2ccccc2N2CCCC2)cc1. The fourth-order valence-corrected chi connectivity index (χ4v) is 4.17. The van der Waals surface area contributed by atoms with E-state index in [1.54, 1.807) is 0 Å². The largest absolute Gasteiger partial charge is 0.383 e. The smallest absolute Gasteiger partial charge is 0.255 e. The second-order valence-corrected chi connectivity index (χ2v) is 8.35. The molecule has 1 fully saturated rings. The third-order valence-electron chi connectivity index (χ3n) is 4.62. The first kappa shape index (κ1) is 20.3. The quantitative estimate of drug-likeness (QED) is 0.661. The van der Waals surface area contributed by atoms with Crippen LogP contribution >= 0.6 is 0 Å². The second kappa shape index (κ2) is 9.18. The second-order valence-electron chi connectivity index (χ2n) is 6.58. The number of hydrogen-bond acceptors (Lipinski definition) is 5. The fourth-order valence-electron chi connectivity index (χ4n) is 3.15. The molecule has 0 unspecified atom stereocenters. The van der Waals surface area contributed by atoms with Gasteiger partial charge in [-0.05, 0) is 49.2 Å². The van der Waals surface area contributed by atoms with Crippen molar-refractivity contribution in [2.24, 2.45) is 0 Å². The van der Waals surface area contributed by atoms with Crippen LogP contribution in [0.15, 0.2) is 53.4 Å². The van der Waals surface area contributed by atoms with Crippen molar-refractivity contribution in [3.63, 3.8) is 0 Å². The summed E-state index contributed by atoms with van der Waals surface area (Å²) in [4.78, 5) is 15.0. The standard InChI is InChI=1S/C20H25N3O4S/c1-27-15-12-21-28(25,26)17-10-8-16(9-11-17)20(24)22-18-6-2-3-7-19(18)23-13-4-5-14-23/h2-3,6-11,21H,4-5,12-15H2,1H3,(H,22,24). The maximum Gasteiger partial charge on any atom is 0.255 e. The molecule has 0 saturated carbocycles. The molecular formula is C20H25N3O4S. The zero-order valence-electron chi connectivity index (χ0n) is 15.8. The average molecular weight is 404 g/mol. The van der Waals surface area contributed by atoms with Crippen LogP contribution in [0.25, 0.3) is 0 Å². The minimum Gasteiger partial charge on any atom is -0.383 e. The van der Waals surface area contributed by atoms with E-state index in [2.05, 4.69) is 14.9 Å². The van der Waals surface area contributed by atoms with E-state index in [4.69, 9.17) is 4.74 Å². The Balaban J connectivity index is 1.70. The number of ether oxygens (including phenoxy) is 1. The lowest BCUT2D eigenvalue weighted by molar-refractivity contribution is 0.102. The minimum atomic E-state index is -3.62. The Morgan fingerprint density at radius 2 is 1.75 bits per heavy atom. The lowest BCUT2D eigenvalue weighted by Gasteiger charge is -2.21. The van der Waals surface area contributed by atoms with Crippen LogP contribution in [0.5, 0.6) is 0 Å². The van der Waals surface area contributed by atoms with Crippen LogP contribution in [0.1, 0.15) is 23.2 Å². The predicted octanol–water partition coefficient (Wildman–Crippen LogP) is 2.46. The molecule has 2 N–H and O–H groups in total. The molecule has 0 bridgehead atoms. The van der Waals surface area contributed by atoms with E-state index >= 15 is 0 Å². The van der Waals surface area contributed by atoms with Gasteiger partial charge >= 0.3 is 0 Å². The Morgan fingerprint density at radius 3 is 2.43 bits per heavy atom. The summed E-state index contributed by atoms with van der Waals surface area (Å²) < 4.78 is 31.7. The molecule has 0 atom stereocenters. The number of rotatable bonds is 8. The molecule has 150 valence electrons. The maximum absolute atomic E-state index is 12.6. The zero-order valence-corrected chi connectivity index (χ0v) is 16.7. The van der Waals surface area contributed by atoms with Crippen LogP contribution in [0.3, 0.4) is 0 Å². The number of hydrogen-bond donors (Lipinski definition) is 2. The van der Waals surface area contributed by atoms with Gasteiger partial charge in [-0.15, -0.1) is 0 Å². The van der Waals surface area contributed by atoms with E-state index in [9.17, 15) is 13.2 Å². The summed E-state index contributed by atoms with van der Waals surface area (Å²) in [6.07, 6.45) is 2.30. The number of para-hydroxylation sites is 2. The van der Waals surface area contributed by atoms with Crippen molar-refractivity contribution in [1.82, 2.24) is 4.72 Å². The number of carbonyl (C=O) groups is 1. The van der Waals surface area contributed by atoms with E-state index in [1.807, 2.05) is 24.3 Å². The molecule has 0 aliphatic carbocycles. The summed E-state index contributed by atoms with van der Waals surface area (Å²) >= 11 is 0. The van der Waals surface area contributed by atoms with Gasteiger partial charge in [0.2, 0.25) is 10.0 Å². The Hall–Kier alpha value is -2.42. The minimum absolute atomic E-state index is 0.109. The lowest BCUT2D eigenvalue weighted by Crippen LogP contribution is -2.27. The molecule has 1 aliphatic rings. The van der Waals surface area contributed by atoms with Gasteiger partial charge in [-0.2, -0.15) is 0 Å². The number of amides is 1. The highest BCUT2D eigenvalue weighted by Gasteiger charge is 2.18. The summed E-state index contributed by atoms with van der Waals surface area (Å²) in [5.74, 6) is -0.275. The third kappa shape index (κ3) is 4.89. The molecule has 7 nitrogen and oxygen atoms in total. The topological polar surface area (TPSA) is 87.7 Å². The van der Waals surface area contributed by atoms with Gasteiger partial charge < -0.3 is 15.0 Å². The maximum atomic E-state index is 12.6. The van der Waals surface area contributed by atoms with Gasteiger partial charge in [0, 0.05) is 32.3 Å². The molecule has 0 spiro atoms. The first-order valence-electron chi connectivity index (χ1n) is 9.25. The van der Waals surface area contributed by atoms with Crippen LogP contribution in [0.4, 0.5) is 11.4 Å². The van der Waals surface area contributed by atoms with Crippen molar-refractivity contribution in [2.75, 3.05) is 43.6 Å². The number of anilines is 2. The summed E-state index contributed by atoms with van der Waals surface area (Å²) in [6, 6.07) is 13.6. The molecule has 3 rings (SSSR count). The molecule has 1 saturated heterocycles. The van der Waals surface area contributed by atoms with Crippen molar-refractivity contribution >= 4 is 27.3 Å². The van der Waals surface area contributed by atoms with Gasteiger partial charge in [0.05, 0.1) is 22.9 Å². The lowest BCUT2D eigenvalue weighted by atomic mass is 10.2. The zero-order chi connectivity index (χ0) is 20.0. The van der Waals surface area contributed by atoms with Crippen LogP contribution < -0.4 is 14.9 Å². The highest BCUT2D eigenvalue weighted by Crippen LogP contribution is 2.29. The summed E-state index contributed by atoms with van der Waals surface area (Å²) in [7, 11) is -2.12. The Kier molecular flexibility index (Phi) is 6.66. The Morgan fingerprint density at radius 1 is 1.07 bits per heavy atom. The molecule has 0 aromatic heterocycles. The fraction of sp³-hybridized carbons (Fsp3) is 0.350. The molecule has 2 aromatic rings. The normalized spacial score (nSPS) is 14.2. The van der Waals surface area contributed by atoms with E-state index in [-0.39, 0.29) is 24.0 Å². The number of carbonyl (C=O) groups excluding carboxylic acids is 1. The van der Waals surface area contributed by atoms with E-state index < -0.39 is 10.0 Å². The van der Waals surface area contributed by atoms with Crippen molar-refractivity contribution in [1.29, 1.82) is 0 Å². The van der Waals surface area contributed by atoms with Crippen molar-refractivity contribution in [2.45, 2.75) is 17.7 Å². The van der Waals surface area contributed by atoms with Gasteiger partial charge in [0.15, 0.2) is 0 Å². The Bertz CT molecular complexity index is 907. The highest BCUT2D eigenvalue weighted by atomic mass is 32.2. The average Bonchev–Trinajstić information content (AvgIpc) is 3.23. The predicted molar refractivity (Wildman–Crippen MR) is 109 cm³/mol. The summed E-state index contributed by atoms with van der Waals surface area (Å²) in [5, 5.41) is 2.94. The summed E-state index contributed by atoms with van der Waals surface area (Å²) in [5.41, 5.74) is 2.16. The summed E-state index contributed by atoms with van der Waals surface area (Å²) in [6.45, 7) is 2.44. The van der Waals surface area contributed by atoms with Gasteiger partial charge in [-0.3, -0.25) is 4.79 Å². The molecule has 28 heavy (non-hydrogen) atoms. The van der Waals surface area contributed by atoms with Gasteiger partial charge in [0.25, 0.3) is 5.91 Å². The third-order valence-corrected chi connectivity index (χ3v) is 6.10. The van der Waals surface area contributed by atoms with Crippen molar-refractivity contribution in [3.8, 4) is 0 Å². The van der Waals surface area contributed by atoms with Crippen LogP contribution in [-0.2, 0) is 14.8 Å². The van der Waals surface area contributed by atoms with Crippen LogP contribution in [0.2, 0.25) is 0 Å². The Labute approximate surface area is 165 Å². The molecule has 0 radical (unpaired) electrons. The first-order chi connectivity index (χ1) is 13.5. The molecular weight excluding hydrogens is 378 g/mol. The van der Waals surface area contributed by atoms with Crippen molar-refractivity contribution < 1.29 is 17.9 Å². The number of sulfonamides is 1. The monoisotopic (exact) mass is 403 g/mol. The molecule has 1 amide bonds. The first-order valence-corrected chi connectivity index (χ1v) is 10.7. The van der Waals surface area contributed by atoms with Crippen LogP contribution in [-0.4, -0.2) is 47.7 Å². The molecule has 1 aliphatic heterocycles. The number of benzene rings is 2. The number of nitrogens with zero attached hydrogens (tertiary/aromatic N) is 1. The van der Waals surface area contributed by atoms with E-state index in [0.717, 1.165) is 37.3 Å². The van der Waals surface area contributed by atoms with E-state index in [0.29, 0.717) is 5.56 Å². The van der Waals surface area contributed by atoms with Gasteiger partial charge in [-0.1, -0.05) is 12.1 Å². The van der Waals surface area contributed by atoms with Gasteiger partial charge in [-0.25, -0.2) is 13.1 Å². The van der Waals surface area contributed by atoms with Crippen molar-refractivity contribution in [3.05, 3.63) is 54.1 Å². The number of methoxy groups -OCH3 is 1. The van der Waals surface area contributed by atoms with Gasteiger partial charge in [0.1, 0.15) is 0 Å².